The van der Waals surface area contributed by atoms with Gasteiger partial charge in [0.15, 0.2) is 0 Å². The molecule has 2 heteroatoms. The van der Waals surface area contributed by atoms with Crippen LogP contribution in [0.4, 0.5) is 0 Å². The van der Waals surface area contributed by atoms with Crippen LogP contribution < -0.4 is 10.1 Å². The molecule has 1 atom stereocenters. The van der Waals surface area contributed by atoms with Gasteiger partial charge in [-0.1, -0.05) is 38.0 Å². The maximum atomic E-state index is 5.45. The lowest BCUT2D eigenvalue weighted by atomic mass is 9.83. The van der Waals surface area contributed by atoms with Gasteiger partial charge in [0.25, 0.3) is 0 Å². The van der Waals surface area contributed by atoms with Gasteiger partial charge in [0.2, 0.25) is 0 Å². The fourth-order valence-corrected chi connectivity index (χ4v) is 3.69. The number of ether oxygens (including phenoxy) is 1. The highest BCUT2D eigenvalue weighted by molar-refractivity contribution is 5.33. The van der Waals surface area contributed by atoms with Crippen LogP contribution in [0.1, 0.15) is 57.9 Å². The predicted octanol–water partition coefficient (Wildman–Crippen LogP) is 4.57. The number of nitrogens with one attached hydrogen (secondary N) is 1. The van der Waals surface area contributed by atoms with E-state index in [-0.39, 0.29) is 0 Å². The second-order valence-electron chi connectivity index (χ2n) is 6.59. The average Bonchev–Trinajstić information content (AvgIpc) is 2.50. The Hall–Kier alpha value is -1.02. The Kier molecular flexibility index (Phi) is 6.56. The van der Waals surface area contributed by atoms with E-state index < -0.39 is 0 Å². The van der Waals surface area contributed by atoms with E-state index in [4.69, 9.17) is 4.74 Å². The quantitative estimate of drug-likeness (QED) is 0.793. The van der Waals surface area contributed by atoms with Crippen molar-refractivity contribution >= 4 is 0 Å². The molecule has 0 saturated heterocycles. The van der Waals surface area contributed by atoms with E-state index >= 15 is 0 Å². The zero-order valence-electron chi connectivity index (χ0n) is 13.9. The molecule has 21 heavy (non-hydrogen) atoms. The molecule has 0 aliphatic heterocycles. The van der Waals surface area contributed by atoms with E-state index in [9.17, 15) is 0 Å². The molecule has 118 valence electrons. The van der Waals surface area contributed by atoms with Gasteiger partial charge in [-0.05, 0) is 56.6 Å². The zero-order valence-corrected chi connectivity index (χ0v) is 13.9. The van der Waals surface area contributed by atoms with Crippen LogP contribution >= 0.6 is 0 Å². The van der Waals surface area contributed by atoms with Gasteiger partial charge in [-0.3, -0.25) is 0 Å². The first-order valence-electron chi connectivity index (χ1n) is 8.60. The second kappa shape index (κ2) is 8.43. The van der Waals surface area contributed by atoms with Crippen molar-refractivity contribution in [2.75, 3.05) is 7.11 Å². The molecule has 1 unspecified atom stereocenters. The van der Waals surface area contributed by atoms with Gasteiger partial charge in [-0.2, -0.15) is 0 Å². The second-order valence-corrected chi connectivity index (χ2v) is 6.59. The first-order chi connectivity index (χ1) is 10.2. The van der Waals surface area contributed by atoms with E-state index in [1.165, 1.54) is 44.1 Å². The molecule has 1 fully saturated rings. The molecule has 0 radical (unpaired) electrons. The first-order valence-corrected chi connectivity index (χ1v) is 8.60. The largest absolute Gasteiger partial charge is 0.496 e. The maximum Gasteiger partial charge on any atom is 0.122 e. The molecule has 0 aromatic heterocycles. The van der Waals surface area contributed by atoms with Crippen molar-refractivity contribution in [1.29, 1.82) is 0 Å². The van der Waals surface area contributed by atoms with Crippen molar-refractivity contribution < 1.29 is 4.74 Å². The summed E-state index contributed by atoms with van der Waals surface area (Å²) in [5.74, 6) is 2.00. The summed E-state index contributed by atoms with van der Waals surface area (Å²) in [4.78, 5) is 0. The fourth-order valence-electron chi connectivity index (χ4n) is 3.69. The maximum absolute atomic E-state index is 5.45. The van der Waals surface area contributed by atoms with Gasteiger partial charge in [0.05, 0.1) is 7.11 Å². The van der Waals surface area contributed by atoms with Crippen molar-refractivity contribution in [3.05, 3.63) is 29.8 Å². The Morgan fingerprint density at radius 2 is 1.90 bits per heavy atom. The lowest BCUT2D eigenvalue weighted by molar-refractivity contribution is 0.265. The van der Waals surface area contributed by atoms with Gasteiger partial charge in [0, 0.05) is 12.1 Å². The topological polar surface area (TPSA) is 21.3 Å². The third kappa shape index (κ3) is 5.03. The summed E-state index contributed by atoms with van der Waals surface area (Å²) in [6, 6.07) is 9.58. The molecular weight excluding hydrogens is 258 g/mol. The van der Waals surface area contributed by atoms with Crippen LogP contribution in [0.25, 0.3) is 0 Å². The van der Waals surface area contributed by atoms with E-state index in [1.54, 1.807) is 7.11 Å². The zero-order chi connectivity index (χ0) is 15.1. The first kappa shape index (κ1) is 16.4. The van der Waals surface area contributed by atoms with Gasteiger partial charge >= 0.3 is 0 Å². The summed E-state index contributed by atoms with van der Waals surface area (Å²) in [5.41, 5.74) is 1.31. The molecule has 1 aliphatic carbocycles. The van der Waals surface area contributed by atoms with Crippen LogP contribution in [0.5, 0.6) is 5.75 Å². The summed E-state index contributed by atoms with van der Waals surface area (Å²) in [7, 11) is 1.76. The van der Waals surface area contributed by atoms with Crippen molar-refractivity contribution in [3.8, 4) is 5.75 Å². The minimum atomic E-state index is 0.508. The van der Waals surface area contributed by atoms with Crippen LogP contribution in [-0.4, -0.2) is 19.2 Å². The Balaban J connectivity index is 1.78. The number of rotatable bonds is 7. The Morgan fingerprint density at radius 1 is 1.19 bits per heavy atom. The smallest absolute Gasteiger partial charge is 0.122 e. The lowest BCUT2D eigenvalue weighted by Gasteiger charge is -2.31. The third-order valence-corrected chi connectivity index (χ3v) is 4.78. The van der Waals surface area contributed by atoms with Crippen LogP contribution in [0.2, 0.25) is 0 Å². The Labute approximate surface area is 130 Å². The summed E-state index contributed by atoms with van der Waals surface area (Å²) in [6.45, 7) is 4.60. The SMILES string of the molecule is CCCC1CCC(NC(C)Cc2ccccc2OC)CC1. The minimum Gasteiger partial charge on any atom is -0.496 e. The monoisotopic (exact) mass is 289 g/mol. The summed E-state index contributed by atoms with van der Waals surface area (Å²) in [6.07, 6.45) is 9.32. The molecule has 1 aliphatic rings. The van der Waals surface area contributed by atoms with E-state index in [0.717, 1.165) is 18.1 Å². The normalized spacial score (nSPS) is 23.8. The summed E-state index contributed by atoms with van der Waals surface area (Å²) >= 11 is 0. The summed E-state index contributed by atoms with van der Waals surface area (Å²) < 4.78 is 5.45. The van der Waals surface area contributed by atoms with Crippen LogP contribution in [0.3, 0.4) is 0 Å². The van der Waals surface area contributed by atoms with Crippen molar-refractivity contribution in [3.63, 3.8) is 0 Å². The molecule has 1 aromatic carbocycles. The van der Waals surface area contributed by atoms with Gasteiger partial charge in [-0.15, -0.1) is 0 Å². The molecule has 1 aromatic rings. The van der Waals surface area contributed by atoms with E-state index in [2.05, 4.69) is 37.4 Å². The highest BCUT2D eigenvalue weighted by atomic mass is 16.5. The van der Waals surface area contributed by atoms with Crippen LogP contribution in [0, 0.1) is 5.92 Å². The summed E-state index contributed by atoms with van der Waals surface area (Å²) in [5, 5.41) is 3.83. The molecule has 1 saturated carbocycles. The van der Waals surface area contributed by atoms with E-state index in [1.807, 2.05) is 6.07 Å². The number of hydrogen-bond acceptors (Lipinski definition) is 2. The molecule has 0 spiro atoms. The highest BCUT2D eigenvalue weighted by Gasteiger charge is 2.21. The minimum absolute atomic E-state index is 0.508. The number of benzene rings is 1. The molecular formula is C19H31NO. The standard InChI is InChI=1S/C19H31NO/c1-4-7-16-10-12-18(13-11-16)20-15(2)14-17-8-5-6-9-19(17)21-3/h5-6,8-9,15-16,18,20H,4,7,10-14H2,1-3H3. The van der Waals surface area contributed by atoms with Crippen LogP contribution in [0.15, 0.2) is 24.3 Å². The Bertz CT molecular complexity index is 410. The predicted molar refractivity (Wildman–Crippen MR) is 89.9 cm³/mol. The van der Waals surface area contributed by atoms with Gasteiger partial charge < -0.3 is 10.1 Å². The van der Waals surface area contributed by atoms with Crippen molar-refractivity contribution in [2.45, 2.75) is 70.9 Å². The highest BCUT2D eigenvalue weighted by Crippen LogP contribution is 2.28. The number of para-hydroxylation sites is 1. The van der Waals surface area contributed by atoms with Crippen molar-refractivity contribution in [2.24, 2.45) is 5.92 Å². The molecule has 0 bridgehead atoms. The number of methoxy groups -OCH3 is 1. The molecule has 2 rings (SSSR count). The third-order valence-electron chi connectivity index (χ3n) is 4.78. The fraction of sp³-hybridized carbons (Fsp3) is 0.684. The average molecular weight is 289 g/mol. The van der Waals surface area contributed by atoms with E-state index in [0.29, 0.717) is 12.1 Å². The molecule has 2 nitrogen and oxygen atoms in total. The van der Waals surface area contributed by atoms with Gasteiger partial charge in [-0.25, -0.2) is 0 Å². The number of hydrogen-bond donors (Lipinski definition) is 1. The molecule has 0 amide bonds. The Morgan fingerprint density at radius 3 is 2.57 bits per heavy atom. The van der Waals surface area contributed by atoms with Crippen molar-refractivity contribution in [1.82, 2.24) is 5.32 Å². The van der Waals surface area contributed by atoms with Crippen LogP contribution in [-0.2, 0) is 6.42 Å². The lowest BCUT2D eigenvalue weighted by Crippen LogP contribution is -2.40. The molecule has 0 heterocycles. The van der Waals surface area contributed by atoms with Gasteiger partial charge in [0.1, 0.15) is 5.75 Å². The molecule has 1 N–H and O–H groups in total.